The SMILES string of the molecule is Cn1c(NC(=O)c2cccc(NN3C(=O)C4CC=CCC4C3=O)c2)nc2cc(Cl)ccc21. The number of hydrazine groups is 1. The molecule has 1 aliphatic carbocycles. The molecular formula is C23H20ClN5O3. The molecule has 9 heteroatoms. The fourth-order valence-electron chi connectivity index (χ4n) is 4.23. The summed E-state index contributed by atoms with van der Waals surface area (Å²) in [5.41, 5.74) is 5.23. The molecule has 0 saturated carbocycles. The fraction of sp³-hybridized carbons (Fsp3) is 0.217. The number of rotatable bonds is 4. The normalized spacial score (nSPS) is 20.0. The van der Waals surface area contributed by atoms with Crippen LogP contribution in [0.25, 0.3) is 11.0 Å². The maximum atomic E-state index is 12.9. The fourth-order valence-corrected chi connectivity index (χ4v) is 4.39. The third-order valence-corrected chi connectivity index (χ3v) is 6.18. The number of imidazole rings is 1. The van der Waals surface area contributed by atoms with Crippen molar-refractivity contribution in [1.29, 1.82) is 0 Å². The number of imide groups is 1. The van der Waals surface area contributed by atoms with Crippen molar-refractivity contribution in [2.24, 2.45) is 18.9 Å². The minimum Gasteiger partial charge on any atom is -0.313 e. The van der Waals surface area contributed by atoms with Crippen molar-refractivity contribution >= 4 is 52.0 Å². The number of aryl methyl sites for hydroxylation is 1. The van der Waals surface area contributed by atoms with Crippen LogP contribution in [0.15, 0.2) is 54.6 Å². The number of hydrogen-bond acceptors (Lipinski definition) is 5. The van der Waals surface area contributed by atoms with Crippen LogP contribution in [-0.2, 0) is 16.6 Å². The number of aromatic nitrogens is 2. The highest BCUT2D eigenvalue weighted by molar-refractivity contribution is 6.31. The molecule has 0 radical (unpaired) electrons. The molecule has 2 N–H and O–H groups in total. The molecule has 1 saturated heterocycles. The van der Waals surface area contributed by atoms with Gasteiger partial charge in [-0.25, -0.2) is 4.98 Å². The highest BCUT2D eigenvalue weighted by atomic mass is 35.5. The Morgan fingerprint density at radius 2 is 1.78 bits per heavy atom. The summed E-state index contributed by atoms with van der Waals surface area (Å²) in [6.07, 6.45) is 5.02. The topological polar surface area (TPSA) is 96.3 Å². The molecule has 162 valence electrons. The van der Waals surface area contributed by atoms with Crippen molar-refractivity contribution in [2.75, 3.05) is 10.7 Å². The molecule has 2 atom stereocenters. The second-order valence-corrected chi connectivity index (χ2v) is 8.38. The number of carbonyl (C=O) groups excluding carboxylic acids is 3. The first kappa shape index (κ1) is 20.3. The molecule has 3 amide bonds. The van der Waals surface area contributed by atoms with E-state index in [0.29, 0.717) is 40.6 Å². The van der Waals surface area contributed by atoms with Crippen molar-refractivity contribution in [2.45, 2.75) is 12.8 Å². The highest BCUT2D eigenvalue weighted by Crippen LogP contribution is 2.35. The van der Waals surface area contributed by atoms with E-state index < -0.39 is 0 Å². The predicted octanol–water partition coefficient (Wildman–Crippen LogP) is 3.76. The Labute approximate surface area is 188 Å². The molecule has 2 aromatic carbocycles. The van der Waals surface area contributed by atoms with Crippen molar-refractivity contribution in [3.05, 3.63) is 65.2 Å². The summed E-state index contributed by atoms with van der Waals surface area (Å²) in [4.78, 5) is 42.6. The molecule has 0 bridgehead atoms. The first-order valence-corrected chi connectivity index (χ1v) is 10.6. The summed E-state index contributed by atoms with van der Waals surface area (Å²) in [5, 5.41) is 4.44. The second kappa shape index (κ2) is 7.80. The van der Waals surface area contributed by atoms with Crippen molar-refractivity contribution < 1.29 is 14.4 Å². The number of nitrogens with one attached hydrogen (secondary N) is 2. The molecule has 1 aromatic heterocycles. The van der Waals surface area contributed by atoms with Gasteiger partial charge in [0.25, 0.3) is 17.7 Å². The number of allylic oxidation sites excluding steroid dienone is 2. The van der Waals surface area contributed by atoms with Gasteiger partial charge in [-0.2, -0.15) is 5.01 Å². The molecule has 8 nitrogen and oxygen atoms in total. The Bertz CT molecular complexity index is 1270. The lowest BCUT2D eigenvalue weighted by Crippen LogP contribution is -2.36. The number of amides is 3. The number of fused-ring (bicyclic) bond motifs is 2. The Balaban J connectivity index is 1.34. The van der Waals surface area contributed by atoms with Crippen LogP contribution in [0.4, 0.5) is 11.6 Å². The molecule has 1 aliphatic heterocycles. The van der Waals surface area contributed by atoms with Gasteiger partial charge in [0.05, 0.1) is 28.6 Å². The Morgan fingerprint density at radius 3 is 2.50 bits per heavy atom. The van der Waals surface area contributed by atoms with E-state index >= 15 is 0 Å². The highest BCUT2D eigenvalue weighted by Gasteiger charge is 2.47. The van der Waals surface area contributed by atoms with Gasteiger partial charge in [-0.1, -0.05) is 29.8 Å². The average Bonchev–Trinajstić information content (AvgIpc) is 3.22. The van der Waals surface area contributed by atoms with Crippen LogP contribution in [-0.4, -0.2) is 32.3 Å². The van der Waals surface area contributed by atoms with Gasteiger partial charge in [0.1, 0.15) is 0 Å². The van der Waals surface area contributed by atoms with E-state index in [1.165, 1.54) is 0 Å². The quantitative estimate of drug-likeness (QED) is 0.467. The van der Waals surface area contributed by atoms with E-state index in [2.05, 4.69) is 15.7 Å². The zero-order chi connectivity index (χ0) is 22.4. The molecule has 1 fully saturated rings. The summed E-state index contributed by atoms with van der Waals surface area (Å²) in [7, 11) is 1.80. The van der Waals surface area contributed by atoms with Crippen molar-refractivity contribution in [1.82, 2.24) is 14.6 Å². The van der Waals surface area contributed by atoms with Gasteiger partial charge in [0.2, 0.25) is 5.95 Å². The van der Waals surface area contributed by atoms with Crippen LogP contribution in [0.5, 0.6) is 0 Å². The lowest BCUT2D eigenvalue weighted by atomic mass is 9.85. The predicted molar refractivity (Wildman–Crippen MR) is 121 cm³/mol. The van der Waals surface area contributed by atoms with Crippen LogP contribution in [0.1, 0.15) is 23.2 Å². The monoisotopic (exact) mass is 449 g/mol. The lowest BCUT2D eigenvalue weighted by molar-refractivity contribution is -0.138. The van der Waals surface area contributed by atoms with E-state index in [1.807, 2.05) is 18.2 Å². The standard InChI is InChI=1S/C23H20ClN5O3/c1-28-19-10-9-14(24)12-18(19)25-23(28)26-20(30)13-5-4-6-15(11-13)27-29-21(31)16-7-2-3-8-17(16)22(29)32/h2-6,9-12,16-17,27H,7-8H2,1H3,(H,25,26,30). The van der Waals surface area contributed by atoms with E-state index in [-0.39, 0.29) is 29.6 Å². The lowest BCUT2D eigenvalue weighted by Gasteiger charge is -2.17. The van der Waals surface area contributed by atoms with Crippen LogP contribution < -0.4 is 10.7 Å². The molecule has 0 spiro atoms. The van der Waals surface area contributed by atoms with E-state index in [4.69, 9.17) is 11.6 Å². The minimum atomic E-state index is -0.366. The third-order valence-electron chi connectivity index (χ3n) is 5.94. The Kier molecular flexibility index (Phi) is 4.94. The average molecular weight is 450 g/mol. The largest absolute Gasteiger partial charge is 0.313 e. The molecule has 5 rings (SSSR count). The maximum absolute atomic E-state index is 12.9. The Morgan fingerprint density at radius 1 is 1.06 bits per heavy atom. The van der Waals surface area contributed by atoms with Gasteiger partial charge in [-0.15, -0.1) is 0 Å². The number of hydrogen-bond donors (Lipinski definition) is 2. The molecule has 3 aromatic rings. The second-order valence-electron chi connectivity index (χ2n) is 7.94. The molecule has 2 heterocycles. The first-order chi connectivity index (χ1) is 15.4. The van der Waals surface area contributed by atoms with Crippen molar-refractivity contribution in [3.63, 3.8) is 0 Å². The molecule has 2 aliphatic rings. The zero-order valence-corrected chi connectivity index (χ0v) is 18.0. The van der Waals surface area contributed by atoms with Gasteiger partial charge in [0, 0.05) is 17.6 Å². The smallest absolute Gasteiger partial charge is 0.258 e. The summed E-state index contributed by atoms with van der Waals surface area (Å²) in [5.74, 6) is -1.10. The van der Waals surface area contributed by atoms with Crippen LogP contribution in [0.3, 0.4) is 0 Å². The van der Waals surface area contributed by atoms with E-state index in [1.54, 1.807) is 48.0 Å². The Hall–Kier alpha value is -3.65. The zero-order valence-electron chi connectivity index (χ0n) is 17.2. The number of carbonyl (C=O) groups is 3. The third kappa shape index (κ3) is 3.42. The van der Waals surface area contributed by atoms with Gasteiger partial charge in [-0.3, -0.25) is 25.1 Å². The number of halogens is 1. The molecule has 32 heavy (non-hydrogen) atoms. The van der Waals surface area contributed by atoms with Gasteiger partial charge >= 0.3 is 0 Å². The summed E-state index contributed by atoms with van der Waals surface area (Å²) in [6, 6.07) is 12.0. The van der Waals surface area contributed by atoms with Crippen LogP contribution >= 0.6 is 11.6 Å². The van der Waals surface area contributed by atoms with Crippen molar-refractivity contribution in [3.8, 4) is 0 Å². The number of nitrogens with zero attached hydrogens (tertiary/aromatic N) is 3. The number of benzene rings is 2. The molecular weight excluding hydrogens is 430 g/mol. The summed E-state index contributed by atoms with van der Waals surface area (Å²) >= 11 is 6.03. The van der Waals surface area contributed by atoms with E-state index in [9.17, 15) is 14.4 Å². The summed E-state index contributed by atoms with van der Waals surface area (Å²) in [6.45, 7) is 0. The maximum Gasteiger partial charge on any atom is 0.258 e. The molecule has 2 unspecified atom stereocenters. The van der Waals surface area contributed by atoms with Gasteiger partial charge in [-0.05, 0) is 49.2 Å². The van der Waals surface area contributed by atoms with Gasteiger partial charge in [0.15, 0.2) is 0 Å². The summed E-state index contributed by atoms with van der Waals surface area (Å²) < 4.78 is 1.77. The van der Waals surface area contributed by atoms with Crippen LogP contribution in [0.2, 0.25) is 5.02 Å². The first-order valence-electron chi connectivity index (χ1n) is 10.3. The number of anilines is 2. The van der Waals surface area contributed by atoms with Crippen LogP contribution in [0, 0.1) is 11.8 Å². The van der Waals surface area contributed by atoms with E-state index in [0.717, 1.165) is 10.5 Å². The van der Waals surface area contributed by atoms with Gasteiger partial charge < -0.3 is 4.57 Å². The minimum absolute atomic E-state index is 0.238.